The lowest BCUT2D eigenvalue weighted by Gasteiger charge is -2.25. The molecule has 0 radical (unpaired) electrons. The van der Waals surface area contributed by atoms with Gasteiger partial charge in [0, 0.05) is 24.0 Å². The number of nitrogens with zero attached hydrogens (tertiary/aromatic N) is 3. The number of rotatable bonds is 6. The second kappa shape index (κ2) is 8.59. The van der Waals surface area contributed by atoms with Crippen LogP contribution in [0.15, 0.2) is 30.6 Å². The number of hydrogen-bond acceptors (Lipinski definition) is 3. The van der Waals surface area contributed by atoms with Gasteiger partial charge in [0.15, 0.2) is 0 Å². The molecule has 2 aromatic rings. The molecular weight excluding hydrogens is 352 g/mol. The number of benzene rings is 1. The molecule has 0 bridgehead atoms. The molecule has 1 aliphatic rings. The normalized spacial score (nSPS) is 14.5. The summed E-state index contributed by atoms with van der Waals surface area (Å²) in [5, 5.41) is 7.37. The number of carbonyl (C=O) groups excluding carboxylic acids is 2. The van der Waals surface area contributed by atoms with E-state index in [-0.39, 0.29) is 30.4 Å². The molecule has 1 heterocycles. The van der Waals surface area contributed by atoms with Gasteiger partial charge in [-0.25, -0.2) is 0 Å². The van der Waals surface area contributed by atoms with Crippen LogP contribution in [0, 0.1) is 13.8 Å². The van der Waals surface area contributed by atoms with Gasteiger partial charge in [0.2, 0.25) is 5.91 Å². The standard InChI is InChI=1S/C22H30N4O2/c1-15(2)26-13-18(12-23-26)22(28)25(20-11-16(3)9-10-17(20)4)14-21(27)24-19-7-5-6-8-19/h9-13,15,19H,5-8,14H2,1-4H3,(H,24,27). The quantitative estimate of drug-likeness (QED) is 0.827. The monoisotopic (exact) mass is 382 g/mol. The summed E-state index contributed by atoms with van der Waals surface area (Å²) in [6, 6.07) is 6.35. The van der Waals surface area contributed by atoms with Crippen LogP contribution < -0.4 is 10.2 Å². The third kappa shape index (κ3) is 4.61. The van der Waals surface area contributed by atoms with Crippen molar-refractivity contribution in [2.75, 3.05) is 11.4 Å². The van der Waals surface area contributed by atoms with Crippen molar-refractivity contribution in [2.24, 2.45) is 0 Å². The van der Waals surface area contributed by atoms with Gasteiger partial charge >= 0.3 is 0 Å². The first-order valence-electron chi connectivity index (χ1n) is 10.1. The van der Waals surface area contributed by atoms with Crippen LogP contribution in [0.25, 0.3) is 0 Å². The third-order valence-corrected chi connectivity index (χ3v) is 5.30. The van der Waals surface area contributed by atoms with Crippen molar-refractivity contribution >= 4 is 17.5 Å². The molecule has 0 spiro atoms. The molecule has 1 aliphatic carbocycles. The van der Waals surface area contributed by atoms with E-state index >= 15 is 0 Å². The minimum Gasteiger partial charge on any atom is -0.352 e. The molecule has 150 valence electrons. The zero-order valence-corrected chi connectivity index (χ0v) is 17.2. The van der Waals surface area contributed by atoms with E-state index in [1.807, 2.05) is 45.9 Å². The van der Waals surface area contributed by atoms with Gasteiger partial charge < -0.3 is 5.32 Å². The van der Waals surface area contributed by atoms with Crippen LogP contribution in [0.1, 0.15) is 67.1 Å². The second-order valence-electron chi connectivity index (χ2n) is 8.03. The van der Waals surface area contributed by atoms with E-state index in [0.29, 0.717) is 5.56 Å². The molecule has 2 amide bonds. The van der Waals surface area contributed by atoms with Gasteiger partial charge in [-0.2, -0.15) is 5.10 Å². The average molecular weight is 383 g/mol. The van der Waals surface area contributed by atoms with Crippen molar-refractivity contribution in [3.8, 4) is 0 Å². The number of anilines is 1. The van der Waals surface area contributed by atoms with E-state index in [4.69, 9.17) is 0 Å². The Hall–Kier alpha value is -2.63. The maximum Gasteiger partial charge on any atom is 0.261 e. The van der Waals surface area contributed by atoms with Crippen LogP contribution in [0.5, 0.6) is 0 Å². The van der Waals surface area contributed by atoms with E-state index in [1.54, 1.807) is 22.0 Å². The van der Waals surface area contributed by atoms with E-state index in [1.165, 1.54) is 0 Å². The molecule has 0 unspecified atom stereocenters. The van der Waals surface area contributed by atoms with Crippen molar-refractivity contribution in [1.82, 2.24) is 15.1 Å². The van der Waals surface area contributed by atoms with Gasteiger partial charge in [-0.1, -0.05) is 25.0 Å². The highest BCUT2D eigenvalue weighted by molar-refractivity contribution is 6.09. The van der Waals surface area contributed by atoms with Crippen LogP contribution in [0.2, 0.25) is 0 Å². The molecule has 3 rings (SSSR count). The summed E-state index contributed by atoms with van der Waals surface area (Å²) in [5.41, 5.74) is 3.27. The number of aryl methyl sites for hydroxylation is 2. The molecule has 0 atom stereocenters. The first kappa shape index (κ1) is 20.1. The molecule has 0 aliphatic heterocycles. The average Bonchev–Trinajstić information content (AvgIpc) is 3.33. The minimum absolute atomic E-state index is 0.00643. The molecular formula is C22H30N4O2. The summed E-state index contributed by atoms with van der Waals surface area (Å²) in [6.45, 7) is 7.98. The molecule has 1 N–H and O–H groups in total. The van der Waals surface area contributed by atoms with Gasteiger partial charge in [0.05, 0.1) is 11.8 Å². The van der Waals surface area contributed by atoms with Crippen molar-refractivity contribution in [3.63, 3.8) is 0 Å². The smallest absolute Gasteiger partial charge is 0.261 e. The predicted octanol–water partition coefficient (Wildman–Crippen LogP) is 3.79. The van der Waals surface area contributed by atoms with E-state index in [9.17, 15) is 9.59 Å². The minimum atomic E-state index is -0.206. The maximum absolute atomic E-state index is 13.3. The van der Waals surface area contributed by atoms with Crippen LogP contribution in [-0.2, 0) is 4.79 Å². The van der Waals surface area contributed by atoms with Crippen LogP contribution in [-0.4, -0.2) is 34.2 Å². The predicted molar refractivity (Wildman–Crippen MR) is 111 cm³/mol. The fourth-order valence-corrected chi connectivity index (χ4v) is 3.65. The SMILES string of the molecule is Cc1ccc(C)c(N(CC(=O)NC2CCCC2)C(=O)c2cnn(C(C)C)c2)c1. The number of hydrogen-bond donors (Lipinski definition) is 1. The van der Waals surface area contributed by atoms with Gasteiger partial charge in [0.25, 0.3) is 5.91 Å². The lowest BCUT2D eigenvalue weighted by atomic mass is 10.1. The maximum atomic E-state index is 13.3. The Labute approximate surface area is 166 Å². The van der Waals surface area contributed by atoms with Gasteiger partial charge in [-0.15, -0.1) is 0 Å². The zero-order chi connectivity index (χ0) is 20.3. The summed E-state index contributed by atoms with van der Waals surface area (Å²) in [7, 11) is 0. The summed E-state index contributed by atoms with van der Waals surface area (Å²) in [5.74, 6) is -0.320. The first-order chi connectivity index (χ1) is 13.3. The molecule has 1 aromatic carbocycles. The summed E-state index contributed by atoms with van der Waals surface area (Å²) in [6.07, 6.45) is 7.67. The van der Waals surface area contributed by atoms with Crippen molar-refractivity contribution in [2.45, 2.75) is 65.5 Å². The lowest BCUT2D eigenvalue weighted by Crippen LogP contribution is -2.44. The molecule has 6 nitrogen and oxygen atoms in total. The number of carbonyl (C=O) groups is 2. The summed E-state index contributed by atoms with van der Waals surface area (Å²) in [4.78, 5) is 27.6. The van der Waals surface area contributed by atoms with Crippen molar-refractivity contribution < 1.29 is 9.59 Å². The third-order valence-electron chi connectivity index (χ3n) is 5.30. The Kier molecular flexibility index (Phi) is 6.17. The van der Waals surface area contributed by atoms with Crippen molar-refractivity contribution in [3.05, 3.63) is 47.3 Å². The molecule has 1 aromatic heterocycles. The lowest BCUT2D eigenvalue weighted by molar-refractivity contribution is -0.120. The van der Waals surface area contributed by atoms with Crippen LogP contribution >= 0.6 is 0 Å². The Bertz CT molecular complexity index is 850. The van der Waals surface area contributed by atoms with E-state index in [0.717, 1.165) is 42.5 Å². The highest BCUT2D eigenvalue weighted by Crippen LogP contribution is 2.24. The van der Waals surface area contributed by atoms with Crippen LogP contribution in [0.4, 0.5) is 5.69 Å². The van der Waals surface area contributed by atoms with Gasteiger partial charge in [-0.05, 0) is 57.7 Å². The fraction of sp³-hybridized carbons (Fsp3) is 0.500. The molecule has 1 fully saturated rings. The Morgan fingerprint density at radius 2 is 1.96 bits per heavy atom. The second-order valence-corrected chi connectivity index (χ2v) is 8.03. The van der Waals surface area contributed by atoms with Gasteiger partial charge in [-0.3, -0.25) is 19.2 Å². The molecule has 28 heavy (non-hydrogen) atoms. The molecule has 1 saturated carbocycles. The zero-order valence-electron chi connectivity index (χ0n) is 17.2. The highest BCUT2D eigenvalue weighted by Gasteiger charge is 2.25. The Morgan fingerprint density at radius 3 is 2.61 bits per heavy atom. The number of nitrogens with one attached hydrogen (secondary N) is 1. The Balaban J connectivity index is 1.87. The number of amides is 2. The highest BCUT2D eigenvalue weighted by atomic mass is 16.2. The van der Waals surface area contributed by atoms with E-state index < -0.39 is 0 Å². The fourth-order valence-electron chi connectivity index (χ4n) is 3.65. The molecule has 6 heteroatoms. The topological polar surface area (TPSA) is 67.2 Å². The van der Waals surface area contributed by atoms with E-state index in [2.05, 4.69) is 10.4 Å². The van der Waals surface area contributed by atoms with Gasteiger partial charge in [0.1, 0.15) is 6.54 Å². The van der Waals surface area contributed by atoms with Crippen LogP contribution in [0.3, 0.4) is 0 Å². The molecule has 0 saturated heterocycles. The van der Waals surface area contributed by atoms with Crippen molar-refractivity contribution in [1.29, 1.82) is 0 Å². The Morgan fingerprint density at radius 1 is 1.25 bits per heavy atom. The summed E-state index contributed by atoms with van der Waals surface area (Å²) >= 11 is 0. The summed E-state index contributed by atoms with van der Waals surface area (Å²) < 4.78 is 1.76. The first-order valence-corrected chi connectivity index (χ1v) is 10.1. The largest absolute Gasteiger partial charge is 0.352 e. The number of aromatic nitrogens is 2.